The molecular weight excluding hydrogens is 398 g/mol. The number of anilines is 1. The first-order valence-corrected chi connectivity index (χ1v) is 9.83. The average molecular weight is 422 g/mol. The number of nitrogens with one attached hydrogen (secondary N) is 1. The van der Waals surface area contributed by atoms with Gasteiger partial charge in [-0.25, -0.2) is 0 Å². The van der Waals surface area contributed by atoms with E-state index in [0.29, 0.717) is 33.8 Å². The first kappa shape index (κ1) is 20.7. The third-order valence-corrected chi connectivity index (χ3v) is 5.39. The highest BCUT2D eigenvalue weighted by molar-refractivity contribution is 5.89. The molecule has 0 aliphatic heterocycles. The van der Waals surface area contributed by atoms with Crippen LogP contribution in [-0.2, 0) is 20.8 Å². The fourth-order valence-electron chi connectivity index (χ4n) is 3.64. The molecule has 0 spiro atoms. The molecule has 0 saturated heterocycles. The number of methoxy groups -OCH3 is 2. The van der Waals surface area contributed by atoms with Gasteiger partial charge in [0.15, 0.2) is 12.4 Å². The van der Waals surface area contributed by atoms with Gasteiger partial charge in [-0.15, -0.1) is 0 Å². The first-order chi connectivity index (χ1) is 14.8. The Bertz CT molecular complexity index is 1340. The van der Waals surface area contributed by atoms with Gasteiger partial charge in [-0.1, -0.05) is 11.2 Å². The number of aryl methyl sites for hydroxylation is 3. The van der Waals surface area contributed by atoms with E-state index in [1.165, 1.54) is 16.2 Å². The molecule has 3 aromatic rings. The molecule has 2 aromatic heterocycles. The van der Waals surface area contributed by atoms with Crippen LogP contribution in [0.15, 0.2) is 28.8 Å². The van der Waals surface area contributed by atoms with Crippen molar-refractivity contribution in [1.29, 1.82) is 0 Å². The number of hydrogen-bond acceptors (Lipinski definition) is 6. The molecule has 0 radical (unpaired) electrons. The topological polar surface area (TPSA) is 98.7 Å². The molecule has 0 fully saturated rings. The quantitative estimate of drug-likeness (QED) is 0.600. The smallest absolute Gasteiger partial charge is 0.498 e. The van der Waals surface area contributed by atoms with Crippen molar-refractivity contribution in [1.82, 2.24) is 14.6 Å². The van der Waals surface area contributed by atoms with Crippen molar-refractivity contribution in [2.45, 2.75) is 33.4 Å². The summed E-state index contributed by atoms with van der Waals surface area (Å²) in [6, 6.07) is 5.67. The van der Waals surface area contributed by atoms with E-state index in [2.05, 4.69) is 15.4 Å². The van der Waals surface area contributed by atoms with Crippen LogP contribution in [0.2, 0.25) is 0 Å². The molecule has 1 unspecified atom stereocenters. The van der Waals surface area contributed by atoms with Crippen molar-refractivity contribution in [2.24, 2.45) is 0 Å². The van der Waals surface area contributed by atoms with Crippen molar-refractivity contribution < 1.29 is 18.8 Å². The molecule has 0 bridgehead atoms. The van der Waals surface area contributed by atoms with Gasteiger partial charge in [0, 0.05) is 18.9 Å². The molecule has 1 atom stereocenters. The predicted molar refractivity (Wildman–Crippen MR) is 114 cm³/mol. The van der Waals surface area contributed by atoms with Crippen LogP contribution in [-0.4, -0.2) is 40.8 Å². The van der Waals surface area contributed by atoms with E-state index in [1.807, 2.05) is 38.1 Å². The Labute approximate surface area is 178 Å². The fourth-order valence-corrected chi connectivity index (χ4v) is 3.64. The van der Waals surface area contributed by atoms with Gasteiger partial charge in [0.25, 0.3) is 11.6 Å². The largest absolute Gasteiger partial charge is 0.526 e. The Hall–Kier alpha value is -3.59. The van der Waals surface area contributed by atoms with Crippen LogP contribution in [0.1, 0.15) is 22.6 Å². The maximum absolute atomic E-state index is 13.2. The molecule has 9 heteroatoms. The summed E-state index contributed by atoms with van der Waals surface area (Å²) in [6.45, 7) is 5.50. The normalized spacial score (nSPS) is 15.3. The van der Waals surface area contributed by atoms with E-state index < -0.39 is 11.8 Å². The highest BCUT2D eigenvalue weighted by Gasteiger charge is 2.29. The minimum atomic E-state index is -0.458. The zero-order valence-electron chi connectivity index (χ0n) is 18.1. The molecule has 1 amide bonds. The van der Waals surface area contributed by atoms with E-state index in [4.69, 9.17) is 9.47 Å². The summed E-state index contributed by atoms with van der Waals surface area (Å²) in [4.78, 5) is 30.4. The van der Waals surface area contributed by atoms with Crippen molar-refractivity contribution >= 4 is 29.4 Å². The van der Waals surface area contributed by atoms with Gasteiger partial charge in [-0.05, 0) is 54.6 Å². The number of benzene rings is 1. The van der Waals surface area contributed by atoms with Gasteiger partial charge in [0.1, 0.15) is 17.6 Å². The number of nitrogens with zero attached hydrogens (tertiary/aromatic N) is 4. The Kier molecular flexibility index (Phi) is 5.28. The molecule has 1 aliphatic carbocycles. The summed E-state index contributed by atoms with van der Waals surface area (Å²) in [5, 5.41) is 7.73. The van der Waals surface area contributed by atoms with E-state index in [-0.39, 0.29) is 12.5 Å². The molecule has 31 heavy (non-hydrogen) atoms. The van der Waals surface area contributed by atoms with Gasteiger partial charge >= 0.3 is 5.69 Å². The monoisotopic (exact) mass is 422 g/mol. The standard InChI is InChI=1S/C22H23N5O4/c1-12-6-7-15(8-13(12)2)24-20(28)11-26-17-10-19(31-5)18(30-4)9-16(17)21-23-14(3)25-27(21)22(26)29/h6-10,18H,11H2,1-5H3/p+1. The second-order valence-corrected chi connectivity index (χ2v) is 7.48. The summed E-state index contributed by atoms with van der Waals surface area (Å²) in [7, 11) is 3.10. The molecule has 4 rings (SSSR count). The molecule has 160 valence electrons. The Balaban J connectivity index is 1.82. The number of amides is 1. The Morgan fingerprint density at radius 3 is 2.68 bits per heavy atom. The minimum Gasteiger partial charge on any atom is -0.498 e. The third kappa shape index (κ3) is 3.68. The van der Waals surface area contributed by atoms with E-state index in [1.54, 1.807) is 20.1 Å². The fraction of sp³-hybridized carbons (Fsp3) is 0.318. The van der Waals surface area contributed by atoms with Crippen LogP contribution in [0, 0.1) is 20.8 Å². The van der Waals surface area contributed by atoms with Crippen LogP contribution < -0.4 is 20.8 Å². The van der Waals surface area contributed by atoms with Crippen LogP contribution in [0.4, 0.5) is 5.69 Å². The first-order valence-electron chi connectivity index (χ1n) is 9.83. The number of aromatic nitrogens is 4. The molecule has 1 aliphatic rings. The SMILES string of the molecule is COC1=Cc2c(c3nc(C)nn3c(=O)[n+]2CC(=O)Nc2ccc(C)c(C)c2)=CC1OC. The third-order valence-electron chi connectivity index (χ3n) is 5.39. The van der Waals surface area contributed by atoms with E-state index in [0.717, 1.165) is 11.1 Å². The van der Waals surface area contributed by atoms with Gasteiger partial charge in [0.05, 0.1) is 12.3 Å². The van der Waals surface area contributed by atoms with Crippen LogP contribution in [0.3, 0.4) is 0 Å². The highest BCUT2D eigenvalue weighted by atomic mass is 16.5. The molecule has 9 nitrogen and oxygen atoms in total. The molecule has 1 aromatic carbocycles. The van der Waals surface area contributed by atoms with Crippen LogP contribution in [0.5, 0.6) is 0 Å². The molecule has 0 saturated carbocycles. The Morgan fingerprint density at radius 2 is 2.00 bits per heavy atom. The van der Waals surface area contributed by atoms with Gasteiger partial charge < -0.3 is 14.8 Å². The Morgan fingerprint density at radius 1 is 1.23 bits per heavy atom. The number of carbonyl (C=O) groups is 1. The number of rotatable bonds is 5. The second-order valence-electron chi connectivity index (χ2n) is 7.48. The van der Waals surface area contributed by atoms with Crippen molar-refractivity contribution in [3.05, 3.63) is 62.3 Å². The summed E-state index contributed by atoms with van der Waals surface area (Å²) in [5.74, 6) is 0.656. The lowest BCUT2D eigenvalue weighted by Gasteiger charge is -2.18. The van der Waals surface area contributed by atoms with Crippen molar-refractivity contribution in [3.8, 4) is 0 Å². The number of fused-ring (bicyclic) bond motifs is 3. The summed E-state index contributed by atoms with van der Waals surface area (Å²) in [5.41, 5.74) is 3.35. The van der Waals surface area contributed by atoms with Crippen LogP contribution in [0.25, 0.3) is 17.8 Å². The van der Waals surface area contributed by atoms with Crippen molar-refractivity contribution in [3.63, 3.8) is 0 Å². The lowest BCUT2D eigenvalue weighted by atomic mass is 10.1. The maximum atomic E-state index is 13.2. The zero-order chi connectivity index (χ0) is 22.3. The van der Waals surface area contributed by atoms with E-state index >= 15 is 0 Å². The van der Waals surface area contributed by atoms with Crippen molar-refractivity contribution in [2.75, 3.05) is 19.5 Å². The van der Waals surface area contributed by atoms with Crippen LogP contribution >= 0.6 is 0 Å². The highest BCUT2D eigenvalue weighted by Crippen LogP contribution is 2.16. The van der Waals surface area contributed by atoms with Gasteiger partial charge in [-0.2, -0.15) is 14.3 Å². The van der Waals surface area contributed by atoms with E-state index in [9.17, 15) is 9.59 Å². The minimum absolute atomic E-state index is 0.193. The molecule has 2 heterocycles. The molecule has 1 N–H and O–H groups in total. The van der Waals surface area contributed by atoms with Gasteiger partial charge in [-0.3, -0.25) is 4.79 Å². The maximum Gasteiger partial charge on any atom is 0.526 e. The number of carbonyl (C=O) groups excluding carboxylic acids is 1. The zero-order valence-corrected chi connectivity index (χ0v) is 18.1. The average Bonchev–Trinajstić information content (AvgIpc) is 3.14. The van der Waals surface area contributed by atoms with Gasteiger partial charge in [0.2, 0.25) is 0 Å². The summed E-state index contributed by atoms with van der Waals surface area (Å²) in [6.07, 6.45) is 3.08. The lowest BCUT2D eigenvalue weighted by molar-refractivity contribution is -0.704. The number of hydrogen-bond donors (Lipinski definition) is 1. The number of ether oxygens (including phenoxy) is 2. The lowest BCUT2D eigenvalue weighted by Crippen LogP contribution is -2.61. The summed E-state index contributed by atoms with van der Waals surface area (Å²) >= 11 is 0. The molecular formula is C22H24N5O4+. The predicted octanol–water partition coefficient (Wildman–Crippen LogP) is 0.456. The summed E-state index contributed by atoms with van der Waals surface area (Å²) < 4.78 is 13.5. The second kappa shape index (κ2) is 7.92.